The monoisotopic (exact) mass is 300 g/mol. The first-order valence-corrected chi connectivity index (χ1v) is 8.04. The third-order valence-corrected chi connectivity index (χ3v) is 5.67. The highest BCUT2D eigenvalue weighted by Crippen LogP contribution is 2.43. The van der Waals surface area contributed by atoms with Crippen molar-refractivity contribution in [2.75, 3.05) is 0 Å². The van der Waals surface area contributed by atoms with Crippen molar-refractivity contribution >= 4 is 28.9 Å². The summed E-state index contributed by atoms with van der Waals surface area (Å²) in [6.07, 6.45) is 0.377. The van der Waals surface area contributed by atoms with Crippen LogP contribution in [0.1, 0.15) is 45.1 Å². The molecule has 0 N–H and O–H groups in total. The summed E-state index contributed by atoms with van der Waals surface area (Å²) in [7, 11) is 0. The van der Waals surface area contributed by atoms with E-state index < -0.39 is 0 Å². The fourth-order valence-corrected chi connectivity index (χ4v) is 4.19. The van der Waals surface area contributed by atoms with Crippen molar-refractivity contribution < 1.29 is 9.53 Å². The molecular weight excluding hydrogens is 280 g/mol. The molecular formula is C15H21ClO2S. The van der Waals surface area contributed by atoms with Crippen LogP contribution in [-0.4, -0.2) is 5.97 Å². The van der Waals surface area contributed by atoms with Gasteiger partial charge in [-0.1, -0.05) is 39.3 Å². The number of halogens is 1. The van der Waals surface area contributed by atoms with E-state index >= 15 is 0 Å². The molecule has 1 fully saturated rings. The Morgan fingerprint density at radius 1 is 1.32 bits per heavy atom. The second-order valence-corrected chi connectivity index (χ2v) is 7.63. The van der Waals surface area contributed by atoms with E-state index in [1.165, 1.54) is 11.3 Å². The average molecular weight is 301 g/mol. The van der Waals surface area contributed by atoms with Gasteiger partial charge in [0, 0.05) is 17.2 Å². The van der Waals surface area contributed by atoms with Crippen molar-refractivity contribution in [2.45, 2.75) is 40.2 Å². The van der Waals surface area contributed by atoms with Gasteiger partial charge in [0.05, 0.1) is 4.34 Å². The van der Waals surface area contributed by atoms with E-state index in [2.05, 4.69) is 27.7 Å². The first-order chi connectivity index (χ1) is 8.90. The quantitative estimate of drug-likeness (QED) is 0.724. The third kappa shape index (κ3) is 3.14. The SMILES string of the molecule is CC(C)C1CC(=O)O[C@H](c2ccc(Cl)s2)[C@H](C)C1C. The molecule has 0 saturated carbocycles. The van der Waals surface area contributed by atoms with Gasteiger partial charge in [0.1, 0.15) is 6.10 Å². The molecule has 2 rings (SSSR count). The maximum Gasteiger partial charge on any atom is 0.306 e. The Morgan fingerprint density at radius 2 is 2.00 bits per heavy atom. The summed E-state index contributed by atoms with van der Waals surface area (Å²) in [6.45, 7) is 8.78. The van der Waals surface area contributed by atoms with Crippen LogP contribution in [0.3, 0.4) is 0 Å². The van der Waals surface area contributed by atoms with Crippen molar-refractivity contribution in [3.63, 3.8) is 0 Å². The van der Waals surface area contributed by atoms with Gasteiger partial charge in [-0.25, -0.2) is 0 Å². The first kappa shape index (κ1) is 14.9. The number of thiophene rings is 1. The second kappa shape index (κ2) is 5.84. The minimum absolute atomic E-state index is 0.0792. The van der Waals surface area contributed by atoms with Gasteiger partial charge >= 0.3 is 5.97 Å². The zero-order valence-electron chi connectivity index (χ0n) is 11.9. The molecule has 19 heavy (non-hydrogen) atoms. The number of hydrogen-bond donors (Lipinski definition) is 0. The van der Waals surface area contributed by atoms with Crippen molar-refractivity contribution in [3.8, 4) is 0 Å². The first-order valence-electron chi connectivity index (χ1n) is 6.85. The number of carbonyl (C=O) groups excluding carboxylic acids is 1. The Balaban J connectivity index is 2.28. The lowest BCUT2D eigenvalue weighted by molar-refractivity contribution is -0.150. The molecule has 0 bridgehead atoms. The Bertz CT molecular complexity index is 455. The van der Waals surface area contributed by atoms with Gasteiger partial charge in [0.2, 0.25) is 0 Å². The Hall–Kier alpha value is -0.540. The van der Waals surface area contributed by atoms with Crippen LogP contribution in [0.15, 0.2) is 12.1 Å². The summed E-state index contributed by atoms with van der Waals surface area (Å²) in [6, 6.07) is 3.85. The molecule has 4 heteroatoms. The smallest absolute Gasteiger partial charge is 0.306 e. The van der Waals surface area contributed by atoms with Crippen molar-refractivity contribution in [1.29, 1.82) is 0 Å². The number of rotatable bonds is 2. The normalized spacial score (nSPS) is 32.2. The second-order valence-electron chi connectivity index (χ2n) is 5.88. The fourth-order valence-electron chi connectivity index (χ4n) is 2.98. The molecule has 0 radical (unpaired) electrons. The van der Waals surface area contributed by atoms with E-state index in [1.807, 2.05) is 12.1 Å². The molecule has 4 atom stereocenters. The minimum atomic E-state index is -0.149. The van der Waals surface area contributed by atoms with Gasteiger partial charge in [0.15, 0.2) is 0 Å². The number of hydrogen-bond acceptors (Lipinski definition) is 3. The summed E-state index contributed by atoms with van der Waals surface area (Å²) < 4.78 is 6.43. The third-order valence-electron chi connectivity index (χ3n) is 4.37. The van der Waals surface area contributed by atoms with Crippen molar-refractivity contribution in [3.05, 3.63) is 21.3 Å². The van der Waals surface area contributed by atoms with Gasteiger partial charge in [-0.3, -0.25) is 4.79 Å². The average Bonchev–Trinajstić information content (AvgIpc) is 2.73. The molecule has 106 valence electrons. The summed E-state index contributed by atoms with van der Waals surface area (Å²) >= 11 is 7.51. The van der Waals surface area contributed by atoms with Crippen LogP contribution < -0.4 is 0 Å². The fraction of sp³-hybridized carbons (Fsp3) is 0.667. The zero-order valence-corrected chi connectivity index (χ0v) is 13.4. The predicted octanol–water partition coefficient (Wildman–Crippen LogP) is 4.93. The standard InChI is InChI=1S/C15H21ClO2S/c1-8(2)11-7-14(17)18-15(10(4)9(11)3)12-5-6-13(16)19-12/h5-6,8-11,15H,7H2,1-4H3/t9?,10-,11?,15+/m1/s1. The van der Waals surface area contributed by atoms with E-state index in [0.717, 1.165) is 9.21 Å². The Morgan fingerprint density at radius 3 is 2.53 bits per heavy atom. The number of cyclic esters (lactones) is 1. The number of ether oxygens (including phenoxy) is 1. The molecule has 1 saturated heterocycles. The van der Waals surface area contributed by atoms with Crippen LogP contribution in [0.5, 0.6) is 0 Å². The molecule has 1 aromatic heterocycles. The molecule has 1 aromatic rings. The van der Waals surface area contributed by atoms with Crippen LogP contribution >= 0.6 is 22.9 Å². The summed E-state index contributed by atoms with van der Waals surface area (Å²) in [5, 5.41) is 0. The van der Waals surface area contributed by atoms with Crippen molar-refractivity contribution in [2.24, 2.45) is 23.7 Å². The summed E-state index contributed by atoms with van der Waals surface area (Å²) in [5.41, 5.74) is 0. The highest BCUT2D eigenvalue weighted by atomic mass is 35.5. The molecule has 2 heterocycles. The van der Waals surface area contributed by atoms with Gasteiger partial charge < -0.3 is 4.74 Å². The van der Waals surface area contributed by atoms with Crippen LogP contribution in [-0.2, 0) is 9.53 Å². The van der Waals surface area contributed by atoms with Gasteiger partial charge in [0.25, 0.3) is 0 Å². The number of esters is 1. The van der Waals surface area contributed by atoms with E-state index in [1.54, 1.807) is 0 Å². The van der Waals surface area contributed by atoms with Crippen LogP contribution in [0, 0.1) is 23.7 Å². The largest absolute Gasteiger partial charge is 0.456 e. The zero-order chi connectivity index (χ0) is 14.2. The molecule has 2 unspecified atom stereocenters. The van der Waals surface area contributed by atoms with E-state index in [9.17, 15) is 4.79 Å². The molecule has 1 aliphatic rings. The van der Waals surface area contributed by atoms with E-state index in [0.29, 0.717) is 30.1 Å². The Labute approximate surface area is 124 Å². The maximum atomic E-state index is 12.0. The van der Waals surface area contributed by atoms with Gasteiger partial charge in [-0.2, -0.15) is 0 Å². The van der Waals surface area contributed by atoms with E-state index in [-0.39, 0.29) is 12.1 Å². The van der Waals surface area contributed by atoms with Crippen LogP contribution in [0.2, 0.25) is 4.34 Å². The molecule has 2 nitrogen and oxygen atoms in total. The van der Waals surface area contributed by atoms with Crippen LogP contribution in [0.25, 0.3) is 0 Å². The van der Waals surface area contributed by atoms with Crippen molar-refractivity contribution in [1.82, 2.24) is 0 Å². The maximum absolute atomic E-state index is 12.0. The lowest BCUT2D eigenvalue weighted by Crippen LogP contribution is -2.24. The highest BCUT2D eigenvalue weighted by Gasteiger charge is 2.38. The topological polar surface area (TPSA) is 26.3 Å². The molecule has 0 spiro atoms. The number of carbonyl (C=O) groups is 1. The van der Waals surface area contributed by atoms with Crippen LogP contribution in [0.4, 0.5) is 0 Å². The molecule has 0 aromatic carbocycles. The lowest BCUT2D eigenvalue weighted by Gasteiger charge is -2.30. The highest BCUT2D eigenvalue weighted by molar-refractivity contribution is 7.16. The molecule has 0 aliphatic carbocycles. The molecule has 0 amide bonds. The predicted molar refractivity (Wildman–Crippen MR) is 79.4 cm³/mol. The molecule has 1 aliphatic heterocycles. The minimum Gasteiger partial charge on any atom is -0.456 e. The van der Waals surface area contributed by atoms with Gasteiger partial charge in [-0.05, 0) is 29.9 Å². The summed E-state index contributed by atoms with van der Waals surface area (Å²) in [5.74, 6) is 1.58. The van der Waals surface area contributed by atoms with E-state index in [4.69, 9.17) is 16.3 Å². The van der Waals surface area contributed by atoms with Gasteiger partial charge in [-0.15, -0.1) is 11.3 Å². The Kier molecular flexibility index (Phi) is 4.57. The lowest BCUT2D eigenvalue weighted by atomic mass is 9.75. The summed E-state index contributed by atoms with van der Waals surface area (Å²) in [4.78, 5) is 13.1.